The first-order valence-corrected chi connectivity index (χ1v) is 25.9. The Morgan fingerprint density at radius 2 is 0.593 bits per heavy atom. The lowest BCUT2D eigenvalue weighted by atomic mass is 9.95. The summed E-state index contributed by atoms with van der Waals surface area (Å²) in [6, 6.07) is 60.8. The first kappa shape index (κ1) is 53.9. The highest BCUT2D eigenvalue weighted by Gasteiger charge is 2.40. The minimum Gasteiger partial charge on any atom is -0.309 e. The van der Waals surface area contributed by atoms with E-state index in [-0.39, 0.29) is 77.7 Å². The highest BCUT2D eigenvalue weighted by molar-refractivity contribution is 6.14. The highest BCUT2D eigenvalue weighted by Crippen LogP contribution is 2.49. The molecule has 10 nitrogen and oxygen atoms in total. The predicted octanol–water partition coefficient (Wildman–Crippen LogP) is 17.2. The molecular weight excluding hydrogens is 1090 g/mol. The summed E-state index contributed by atoms with van der Waals surface area (Å²) in [6.07, 6.45) is -10.1. The van der Waals surface area contributed by atoms with Crippen molar-refractivity contribution in [2.75, 3.05) is 0 Å². The second kappa shape index (κ2) is 20.7. The molecular formula is C70H30F6N10. The van der Waals surface area contributed by atoms with Gasteiger partial charge in [0.05, 0.1) is 132 Å². The van der Waals surface area contributed by atoms with E-state index in [2.05, 4.69) is 24.3 Å². The maximum atomic E-state index is 17.2. The highest BCUT2D eigenvalue weighted by atomic mass is 19.4. The molecule has 0 spiro atoms. The summed E-state index contributed by atoms with van der Waals surface area (Å²) >= 11 is 0. The van der Waals surface area contributed by atoms with Crippen LogP contribution in [0.4, 0.5) is 26.3 Å². The second-order valence-electron chi connectivity index (χ2n) is 20.0. The van der Waals surface area contributed by atoms with Gasteiger partial charge in [-0.05, 0) is 177 Å². The van der Waals surface area contributed by atoms with Crippen molar-refractivity contribution in [2.24, 2.45) is 0 Å². The van der Waals surface area contributed by atoms with Crippen molar-refractivity contribution in [1.29, 1.82) is 42.1 Å². The lowest BCUT2D eigenvalue weighted by Gasteiger charge is -2.23. The molecule has 0 aliphatic rings. The van der Waals surface area contributed by atoms with E-state index in [9.17, 15) is 55.3 Å². The summed E-state index contributed by atoms with van der Waals surface area (Å²) < 4.78 is 98.4. The molecule has 86 heavy (non-hydrogen) atoms. The maximum Gasteiger partial charge on any atom is 0.420 e. The fraction of sp³-hybridized carbons (Fsp3) is 0.0286. The predicted molar refractivity (Wildman–Crippen MR) is 310 cm³/mol. The fourth-order valence-corrected chi connectivity index (χ4v) is 11.4. The molecule has 402 valence electrons. The van der Waals surface area contributed by atoms with Crippen LogP contribution in [-0.2, 0) is 12.4 Å². The van der Waals surface area contributed by atoms with Crippen molar-refractivity contribution in [3.63, 3.8) is 0 Å². The fourth-order valence-electron chi connectivity index (χ4n) is 11.4. The largest absolute Gasteiger partial charge is 0.420 e. The molecule has 2 heterocycles. The molecule has 0 aliphatic heterocycles. The molecule has 16 heteroatoms. The Kier molecular flexibility index (Phi) is 13.0. The van der Waals surface area contributed by atoms with Gasteiger partial charge in [-0.25, -0.2) is 0 Å². The van der Waals surface area contributed by atoms with Crippen LogP contribution in [0.2, 0.25) is 0 Å². The van der Waals surface area contributed by atoms with Gasteiger partial charge in [-0.2, -0.15) is 68.4 Å². The van der Waals surface area contributed by atoms with E-state index in [4.69, 9.17) is 0 Å². The van der Waals surface area contributed by atoms with E-state index in [1.807, 2.05) is 24.3 Å². The van der Waals surface area contributed by atoms with Crippen LogP contribution in [0.25, 0.3) is 111 Å². The molecule has 0 radical (unpaired) electrons. The standard InChI is InChI=1S/C70H30F6N10/c71-69(72,73)53-3-1-2-43(24-53)48-29-66(85-62-16-8-44(54-12-4-39(31-77)20-49(54)35-81)25-58(62)59-26-45(9-17-63(59)85)55-13-5-40(32-78)21-50(55)36-82)68(70(74,75)76)67(30-48)86-64-18-10-46(56-14-6-41(33-79)22-51(56)37-83)27-60(64)61-28-47(11-19-65(61)86)57-15-7-42(34-80)23-52(57)38-84/h1-30H. The van der Waals surface area contributed by atoms with Crippen LogP contribution in [0.3, 0.4) is 0 Å². The van der Waals surface area contributed by atoms with Crippen LogP contribution in [0.15, 0.2) is 182 Å². The summed E-state index contributed by atoms with van der Waals surface area (Å²) in [5.41, 5.74) is 2.09. The molecule has 0 aliphatic carbocycles. The number of halogens is 6. The normalized spacial score (nSPS) is 11.3. The number of rotatable bonds is 7. The van der Waals surface area contributed by atoms with Crippen molar-refractivity contribution in [2.45, 2.75) is 12.4 Å². The van der Waals surface area contributed by atoms with Crippen LogP contribution in [0, 0.1) is 90.6 Å². The average Bonchev–Trinajstić information content (AvgIpc) is 1.84. The van der Waals surface area contributed by atoms with Gasteiger partial charge < -0.3 is 9.13 Å². The number of nitrogens with zero attached hydrogens (tertiary/aromatic N) is 10. The summed E-state index contributed by atoms with van der Waals surface area (Å²) in [6.45, 7) is 0. The number of fused-ring (bicyclic) bond motifs is 6. The first-order chi connectivity index (χ1) is 41.5. The van der Waals surface area contributed by atoms with Gasteiger partial charge in [-0.15, -0.1) is 0 Å². The number of alkyl halides is 6. The summed E-state index contributed by atoms with van der Waals surface area (Å²) in [7, 11) is 0. The molecule has 0 bridgehead atoms. The number of hydrogen-bond acceptors (Lipinski definition) is 8. The maximum absolute atomic E-state index is 17.2. The van der Waals surface area contributed by atoms with E-state index >= 15 is 13.2 Å². The number of nitriles is 8. The van der Waals surface area contributed by atoms with Gasteiger partial charge in [-0.3, -0.25) is 0 Å². The third-order valence-corrected chi connectivity index (χ3v) is 15.2. The summed E-state index contributed by atoms with van der Waals surface area (Å²) in [5, 5.41) is 81.4. The molecule has 0 saturated carbocycles. The van der Waals surface area contributed by atoms with Crippen LogP contribution in [0.5, 0.6) is 0 Å². The van der Waals surface area contributed by atoms with Gasteiger partial charge in [0, 0.05) is 21.5 Å². The zero-order chi connectivity index (χ0) is 60.3. The van der Waals surface area contributed by atoms with Crippen molar-refractivity contribution in [3.05, 3.63) is 238 Å². The van der Waals surface area contributed by atoms with Gasteiger partial charge in [0.15, 0.2) is 0 Å². The smallest absolute Gasteiger partial charge is 0.309 e. The van der Waals surface area contributed by atoms with Gasteiger partial charge >= 0.3 is 12.4 Å². The van der Waals surface area contributed by atoms with E-state index in [1.54, 1.807) is 97.1 Å². The second-order valence-corrected chi connectivity index (χ2v) is 20.0. The molecule has 0 amide bonds. The summed E-state index contributed by atoms with van der Waals surface area (Å²) in [5.74, 6) is 0. The number of benzene rings is 10. The lowest BCUT2D eigenvalue weighted by Crippen LogP contribution is -2.16. The monoisotopic (exact) mass is 1120 g/mol. The molecule has 0 unspecified atom stereocenters. The van der Waals surface area contributed by atoms with Crippen molar-refractivity contribution >= 4 is 43.6 Å². The topological polar surface area (TPSA) is 200 Å². The van der Waals surface area contributed by atoms with E-state index in [0.29, 0.717) is 66.1 Å². The number of aromatic nitrogens is 2. The average molecular weight is 1130 g/mol. The molecule has 0 saturated heterocycles. The molecule has 12 rings (SSSR count). The van der Waals surface area contributed by atoms with E-state index in [1.165, 1.54) is 75.9 Å². The Bertz CT molecular complexity index is 4770. The SMILES string of the molecule is N#Cc1ccc(-c2ccc3c(c2)c2cc(-c4ccc(C#N)cc4C#N)ccc2n3-c2cc(-c3cccc(C(F)(F)F)c3)cc(-n3c4ccc(-c5ccc(C#N)cc5C#N)cc4c4cc(-c5ccc(C#N)cc5C#N)ccc43)c2C(F)(F)F)c(C#N)c1. The Balaban J connectivity index is 1.23. The molecule has 0 atom stereocenters. The van der Waals surface area contributed by atoms with Crippen LogP contribution < -0.4 is 0 Å². The Morgan fingerprint density at radius 1 is 0.279 bits per heavy atom. The van der Waals surface area contributed by atoms with E-state index in [0.717, 1.165) is 18.2 Å². The third kappa shape index (κ3) is 9.05. The Labute approximate surface area is 484 Å². The van der Waals surface area contributed by atoms with Crippen LogP contribution in [-0.4, -0.2) is 9.13 Å². The molecule has 0 fully saturated rings. The number of hydrogen-bond donors (Lipinski definition) is 0. The molecule has 2 aromatic heterocycles. The van der Waals surface area contributed by atoms with Crippen molar-refractivity contribution in [1.82, 2.24) is 9.13 Å². The van der Waals surface area contributed by atoms with E-state index < -0.39 is 34.9 Å². The van der Waals surface area contributed by atoms with Crippen LogP contribution in [0.1, 0.15) is 55.6 Å². The quantitative estimate of drug-likeness (QED) is 0.140. The Hall–Kier alpha value is -12.7. The van der Waals surface area contributed by atoms with Crippen molar-refractivity contribution in [3.8, 4) is 116 Å². The minimum atomic E-state index is -5.26. The van der Waals surface area contributed by atoms with Gasteiger partial charge in [-0.1, -0.05) is 60.7 Å². The first-order valence-electron chi connectivity index (χ1n) is 25.9. The van der Waals surface area contributed by atoms with Crippen molar-refractivity contribution < 1.29 is 26.3 Å². The van der Waals surface area contributed by atoms with Crippen LogP contribution >= 0.6 is 0 Å². The molecule has 10 aromatic carbocycles. The minimum absolute atomic E-state index is 0.0550. The zero-order valence-electron chi connectivity index (χ0n) is 44.1. The third-order valence-electron chi connectivity index (χ3n) is 15.2. The summed E-state index contributed by atoms with van der Waals surface area (Å²) in [4.78, 5) is 0. The van der Waals surface area contributed by atoms with Gasteiger partial charge in [0.1, 0.15) is 5.56 Å². The lowest BCUT2D eigenvalue weighted by molar-refractivity contribution is -0.138. The molecule has 0 N–H and O–H groups in total. The molecule has 12 aromatic rings. The van der Waals surface area contributed by atoms with Gasteiger partial charge in [0.2, 0.25) is 0 Å². The van der Waals surface area contributed by atoms with Gasteiger partial charge in [0.25, 0.3) is 0 Å². The zero-order valence-corrected chi connectivity index (χ0v) is 44.1. The Morgan fingerprint density at radius 3 is 0.860 bits per heavy atom.